The second-order valence-electron chi connectivity index (χ2n) is 6.69. The molecule has 0 fully saturated rings. The van der Waals surface area contributed by atoms with Crippen LogP contribution in [0.2, 0.25) is 0 Å². The summed E-state index contributed by atoms with van der Waals surface area (Å²) in [6, 6.07) is 20.5. The Morgan fingerprint density at radius 2 is 1.32 bits per heavy atom. The molecule has 0 amide bonds. The van der Waals surface area contributed by atoms with Gasteiger partial charge in [-0.2, -0.15) is 0 Å². The van der Waals surface area contributed by atoms with Gasteiger partial charge >= 0.3 is 0 Å². The highest BCUT2D eigenvalue weighted by Crippen LogP contribution is 2.23. The summed E-state index contributed by atoms with van der Waals surface area (Å²) in [7, 11) is -1.89. The van der Waals surface area contributed by atoms with Crippen molar-refractivity contribution in [3.63, 3.8) is 0 Å². The third kappa shape index (κ3) is 4.15. The molecular formula is C19H24O2Si. The largest absolute Gasteiger partial charge is 0.400 e. The molecule has 2 nitrogen and oxygen atoms in total. The lowest BCUT2D eigenvalue weighted by Crippen LogP contribution is -2.51. The van der Waals surface area contributed by atoms with Crippen LogP contribution in [0.5, 0.6) is 0 Å². The summed E-state index contributed by atoms with van der Waals surface area (Å²) >= 11 is 0. The molecule has 0 spiro atoms. The first kappa shape index (κ1) is 16.7. The third-order valence-corrected chi connectivity index (χ3v) is 6.16. The topological polar surface area (TPSA) is 26.3 Å². The zero-order valence-corrected chi connectivity index (χ0v) is 14.9. The van der Waals surface area contributed by atoms with Crippen LogP contribution in [0.3, 0.4) is 0 Å². The van der Waals surface area contributed by atoms with E-state index in [1.54, 1.807) is 6.92 Å². The van der Waals surface area contributed by atoms with Gasteiger partial charge < -0.3 is 4.43 Å². The standard InChI is InChI=1S/C19H24O2Si/c1-15(20)18(19(2,3)4)21-22(16-11-7-5-8-12-16)17-13-9-6-10-14-17/h5-14,18,22H,1-4H3. The Hall–Kier alpha value is -1.71. The first-order valence-electron chi connectivity index (χ1n) is 7.65. The van der Waals surface area contributed by atoms with Gasteiger partial charge in [-0.3, -0.25) is 4.79 Å². The van der Waals surface area contributed by atoms with Gasteiger partial charge in [-0.1, -0.05) is 81.4 Å². The normalized spacial score (nSPS) is 13.1. The molecule has 0 aliphatic heterocycles. The van der Waals surface area contributed by atoms with Gasteiger partial charge in [-0.05, 0) is 22.7 Å². The Labute approximate surface area is 134 Å². The fourth-order valence-electron chi connectivity index (χ4n) is 2.65. The summed E-state index contributed by atoms with van der Waals surface area (Å²) in [5.41, 5.74) is -0.208. The van der Waals surface area contributed by atoms with Crippen molar-refractivity contribution >= 4 is 25.2 Å². The van der Waals surface area contributed by atoms with Gasteiger partial charge in [0, 0.05) is 0 Å². The first-order valence-corrected chi connectivity index (χ1v) is 9.28. The first-order chi connectivity index (χ1) is 10.4. The van der Waals surface area contributed by atoms with Crippen molar-refractivity contribution in [2.45, 2.75) is 33.8 Å². The van der Waals surface area contributed by atoms with Crippen LogP contribution in [0.4, 0.5) is 0 Å². The number of hydrogen-bond acceptors (Lipinski definition) is 2. The van der Waals surface area contributed by atoms with E-state index in [1.165, 1.54) is 10.4 Å². The number of Topliss-reactive ketones (excluding diaryl/α,β-unsaturated/α-hetero) is 1. The molecule has 2 aromatic rings. The van der Waals surface area contributed by atoms with Crippen LogP contribution in [0.25, 0.3) is 0 Å². The van der Waals surface area contributed by atoms with Gasteiger partial charge in [0.25, 0.3) is 0 Å². The molecule has 0 saturated heterocycles. The van der Waals surface area contributed by atoms with Crippen molar-refractivity contribution in [1.29, 1.82) is 0 Å². The maximum Gasteiger partial charge on any atom is 0.240 e. The lowest BCUT2D eigenvalue weighted by molar-refractivity contribution is -0.128. The number of carbonyl (C=O) groups is 1. The minimum atomic E-state index is -1.89. The van der Waals surface area contributed by atoms with E-state index in [-0.39, 0.29) is 17.3 Å². The van der Waals surface area contributed by atoms with Gasteiger partial charge in [-0.15, -0.1) is 0 Å². The molecule has 1 atom stereocenters. The van der Waals surface area contributed by atoms with Crippen molar-refractivity contribution in [3.05, 3.63) is 60.7 Å². The zero-order chi connectivity index (χ0) is 16.2. The molecule has 116 valence electrons. The molecule has 3 heteroatoms. The average molecular weight is 312 g/mol. The van der Waals surface area contributed by atoms with Crippen LogP contribution >= 0.6 is 0 Å². The lowest BCUT2D eigenvalue weighted by Gasteiger charge is -2.32. The van der Waals surface area contributed by atoms with Crippen molar-refractivity contribution in [1.82, 2.24) is 0 Å². The Bertz CT molecular complexity index is 563. The van der Waals surface area contributed by atoms with E-state index in [4.69, 9.17) is 4.43 Å². The molecule has 0 radical (unpaired) electrons. The molecule has 0 aliphatic carbocycles. The minimum Gasteiger partial charge on any atom is -0.400 e. The van der Waals surface area contributed by atoms with Gasteiger partial charge in [-0.25, -0.2) is 0 Å². The second-order valence-corrected chi connectivity index (χ2v) is 9.06. The average Bonchev–Trinajstić information content (AvgIpc) is 2.48. The molecule has 0 aliphatic rings. The van der Waals surface area contributed by atoms with E-state index < -0.39 is 9.04 Å². The van der Waals surface area contributed by atoms with Gasteiger partial charge in [0.2, 0.25) is 9.04 Å². The predicted molar refractivity (Wildman–Crippen MR) is 94.3 cm³/mol. The molecule has 0 bridgehead atoms. The number of benzene rings is 2. The number of hydrogen-bond donors (Lipinski definition) is 0. The zero-order valence-electron chi connectivity index (χ0n) is 13.7. The lowest BCUT2D eigenvalue weighted by atomic mass is 9.87. The molecule has 0 heterocycles. The summed E-state index contributed by atoms with van der Waals surface area (Å²) in [5, 5.41) is 2.40. The molecule has 1 unspecified atom stereocenters. The van der Waals surface area contributed by atoms with E-state index in [1.807, 2.05) is 36.4 Å². The Morgan fingerprint density at radius 1 is 0.909 bits per heavy atom. The minimum absolute atomic E-state index is 0.0943. The number of ketones is 1. The summed E-state index contributed by atoms with van der Waals surface area (Å²) in [4.78, 5) is 12.1. The van der Waals surface area contributed by atoms with Crippen molar-refractivity contribution in [2.75, 3.05) is 0 Å². The molecular weight excluding hydrogens is 288 g/mol. The highest BCUT2D eigenvalue weighted by Gasteiger charge is 2.33. The quantitative estimate of drug-likeness (QED) is 0.793. The third-order valence-electron chi connectivity index (χ3n) is 3.63. The van der Waals surface area contributed by atoms with E-state index in [9.17, 15) is 4.79 Å². The number of rotatable bonds is 5. The van der Waals surface area contributed by atoms with Crippen LogP contribution in [0.1, 0.15) is 27.7 Å². The summed E-state index contributed by atoms with van der Waals surface area (Å²) < 4.78 is 6.44. The van der Waals surface area contributed by atoms with E-state index in [0.29, 0.717) is 0 Å². The summed E-state index contributed by atoms with van der Waals surface area (Å²) in [6.07, 6.45) is -0.385. The van der Waals surface area contributed by atoms with E-state index >= 15 is 0 Å². The van der Waals surface area contributed by atoms with Crippen LogP contribution in [-0.4, -0.2) is 20.9 Å². The van der Waals surface area contributed by atoms with E-state index in [0.717, 1.165) is 0 Å². The molecule has 0 N–H and O–H groups in total. The van der Waals surface area contributed by atoms with Crippen molar-refractivity contribution < 1.29 is 9.22 Å². The Kier molecular flexibility index (Phi) is 5.32. The molecule has 22 heavy (non-hydrogen) atoms. The maximum absolute atomic E-state index is 12.1. The molecule has 0 aromatic heterocycles. The highest BCUT2D eigenvalue weighted by atomic mass is 28.3. The van der Waals surface area contributed by atoms with Crippen LogP contribution in [-0.2, 0) is 9.22 Å². The smallest absolute Gasteiger partial charge is 0.240 e. The fourth-order valence-corrected chi connectivity index (χ4v) is 5.37. The number of carbonyl (C=O) groups excluding carboxylic acids is 1. The maximum atomic E-state index is 12.1. The molecule has 2 aromatic carbocycles. The summed E-state index contributed by atoms with van der Waals surface area (Å²) in [6.45, 7) is 7.79. The van der Waals surface area contributed by atoms with Crippen LogP contribution in [0, 0.1) is 5.41 Å². The SMILES string of the molecule is CC(=O)C(O[SiH](c1ccccc1)c1ccccc1)C(C)(C)C. The fraction of sp³-hybridized carbons (Fsp3) is 0.316. The predicted octanol–water partition coefficient (Wildman–Crippen LogP) is 2.54. The van der Waals surface area contributed by atoms with Crippen molar-refractivity contribution in [3.8, 4) is 0 Å². The van der Waals surface area contributed by atoms with Gasteiger partial charge in [0.05, 0.1) is 0 Å². The van der Waals surface area contributed by atoms with Crippen molar-refractivity contribution in [2.24, 2.45) is 5.41 Å². The molecule has 2 rings (SSSR count). The van der Waals surface area contributed by atoms with Gasteiger partial charge in [0.15, 0.2) is 5.78 Å². The monoisotopic (exact) mass is 312 g/mol. The van der Waals surface area contributed by atoms with Crippen LogP contribution in [0.15, 0.2) is 60.7 Å². The van der Waals surface area contributed by atoms with Gasteiger partial charge in [0.1, 0.15) is 6.10 Å². The summed E-state index contributed by atoms with van der Waals surface area (Å²) in [5.74, 6) is 0.0943. The van der Waals surface area contributed by atoms with Crippen LogP contribution < -0.4 is 10.4 Å². The second kappa shape index (κ2) is 7.03. The highest BCUT2D eigenvalue weighted by molar-refractivity contribution is 6.80. The Morgan fingerprint density at radius 3 is 1.64 bits per heavy atom. The van der Waals surface area contributed by atoms with E-state index in [2.05, 4.69) is 45.0 Å². The Balaban J connectivity index is 2.39. The molecule has 0 saturated carbocycles.